The standard InChI is InChI=1S/C21H24N4O2/c1-15-4-6-16(7-5-15)12-25(3)20(27)9-8-17-10-18-13-24(2)14-19(26)23-21(18)22-11-17/h4-11H,12-14H2,1-3H3,(H,22,23,26). The van der Waals surface area contributed by atoms with E-state index in [4.69, 9.17) is 0 Å². The highest BCUT2D eigenvalue weighted by Gasteiger charge is 2.17. The summed E-state index contributed by atoms with van der Waals surface area (Å²) in [5.74, 6) is 0.445. The van der Waals surface area contributed by atoms with Crippen LogP contribution in [0.3, 0.4) is 0 Å². The largest absolute Gasteiger partial charge is 0.338 e. The molecule has 0 spiro atoms. The molecule has 1 aliphatic heterocycles. The van der Waals surface area contributed by atoms with E-state index < -0.39 is 0 Å². The summed E-state index contributed by atoms with van der Waals surface area (Å²) in [5, 5.41) is 2.80. The van der Waals surface area contributed by atoms with Gasteiger partial charge in [0.15, 0.2) is 0 Å². The van der Waals surface area contributed by atoms with Crippen LogP contribution in [0.4, 0.5) is 5.82 Å². The van der Waals surface area contributed by atoms with Crippen molar-refractivity contribution in [2.75, 3.05) is 26.0 Å². The summed E-state index contributed by atoms with van der Waals surface area (Å²) in [6.45, 7) is 3.57. The molecule has 0 atom stereocenters. The summed E-state index contributed by atoms with van der Waals surface area (Å²) >= 11 is 0. The number of hydrogen-bond acceptors (Lipinski definition) is 4. The topological polar surface area (TPSA) is 65.5 Å². The molecule has 0 bridgehead atoms. The van der Waals surface area contributed by atoms with Gasteiger partial charge < -0.3 is 10.2 Å². The molecule has 27 heavy (non-hydrogen) atoms. The van der Waals surface area contributed by atoms with E-state index in [0.29, 0.717) is 25.5 Å². The summed E-state index contributed by atoms with van der Waals surface area (Å²) in [6, 6.07) is 10.1. The second kappa shape index (κ2) is 8.14. The van der Waals surface area contributed by atoms with Crippen LogP contribution in [-0.4, -0.2) is 47.2 Å². The molecule has 0 radical (unpaired) electrons. The minimum absolute atomic E-state index is 0.0695. The summed E-state index contributed by atoms with van der Waals surface area (Å²) < 4.78 is 0. The number of likely N-dealkylation sites (N-methyl/N-ethyl adjacent to an activating group) is 2. The third-order valence-electron chi connectivity index (χ3n) is 4.43. The number of benzene rings is 1. The number of pyridine rings is 1. The van der Waals surface area contributed by atoms with Gasteiger partial charge in [0, 0.05) is 38.0 Å². The molecule has 2 amide bonds. The van der Waals surface area contributed by atoms with Gasteiger partial charge in [0.2, 0.25) is 11.8 Å². The summed E-state index contributed by atoms with van der Waals surface area (Å²) in [6.07, 6.45) is 4.97. The van der Waals surface area contributed by atoms with Gasteiger partial charge in [0.05, 0.1) is 6.54 Å². The van der Waals surface area contributed by atoms with Gasteiger partial charge in [0.1, 0.15) is 5.82 Å². The lowest BCUT2D eigenvalue weighted by molar-refractivity contribution is -0.125. The molecule has 6 heteroatoms. The Kier molecular flexibility index (Phi) is 5.66. The number of carbonyl (C=O) groups is 2. The number of nitrogens with zero attached hydrogens (tertiary/aromatic N) is 3. The van der Waals surface area contributed by atoms with Gasteiger partial charge in [-0.3, -0.25) is 14.5 Å². The van der Waals surface area contributed by atoms with Gasteiger partial charge in [0.25, 0.3) is 0 Å². The summed E-state index contributed by atoms with van der Waals surface area (Å²) in [4.78, 5) is 32.1. The van der Waals surface area contributed by atoms with Gasteiger partial charge in [-0.15, -0.1) is 0 Å². The van der Waals surface area contributed by atoms with Gasteiger partial charge in [-0.1, -0.05) is 29.8 Å². The van der Waals surface area contributed by atoms with Gasteiger partial charge >= 0.3 is 0 Å². The van der Waals surface area contributed by atoms with E-state index in [1.165, 1.54) is 5.56 Å². The summed E-state index contributed by atoms with van der Waals surface area (Å²) in [7, 11) is 3.67. The number of hydrogen-bond donors (Lipinski definition) is 1. The second-order valence-corrected chi connectivity index (χ2v) is 7.01. The lowest BCUT2D eigenvalue weighted by Crippen LogP contribution is -2.26. The smallest absolute Gasteiger partial charge is 0.246 e. The molecule has 6 nitrogen and oxygen atoms in total. The fourth-order valence-electron chi connectivity index (χ4n) is 2.96. The van der Waals surface area contributed by atoms with E-state index in [0.717, 1.165) is 16.7 Å². The van der Waals surface area contributed by atoms with Crippen molar-refractivity contribution in [2.45, 2.75) is 20.0 Å². The van der Waals surface area contributed by atoms with Gasteiger partial charge in [-0.25, -0.2) is 4.98 Å². The van der Waals surface area contributed by atoms with Crippen LogP contribution in [0.25, 0.3) is 6.08 Å². The number of fused-ring (bicyclic) bond motifs is 1. The Morgan fingerprint density at radius 1 is 1.30 bits per heavy atom. The van der Waals surface area contributed by atoms with E-state index in [2.05, 4.69) is 10.3 Å². The molecule has 0 fully saturated rings. The molecule has 1 aromatic heterocycles. The average molecular weight is 364 g/mol. The van der Waals surface area contributed by atoms with Crippen LogP contribution in [0, 0.1) is 6.92 Å². The van der Waals surface area contributed by atoms with E-state index >= 15 is 0 Å². The third kappa shape index (κ3) is 5.01. The van der Waals surface area contributed by atoms with Crippen molar-refractivity contribution in [3.8, 4) is 0 Å². The fraction of sp³-hybridized carbons (Fsp3) is 0.286. The average Bonchev–Trinajstić information content (AvgIpc) is 2.77. The lowest BCUT2D eigenvalue weighted by Gasteiger charge is -2.15. The maximum Gasteiger partial charge on any atom is 0.246 e. The third-order valence-corrected chi connectivity index (χ3v) is 4.43. The van der Waals surface area contributed by atoms with Crippen LogP contribution >= 0.6 is 0 Å². The molecule has 1 N–H and O–H groups in total. The van der Waals surface area contributed by atoms with Gasteiger partial charge in [-0.05, 0) is 37.2 Å². The Morgan fingerprint density at radius 2 is 2.04 bits per heavy atom. The highest BCUT2D eigenvalue weighted by atomic mass is 16.2. The predicted octanol–water partition coefficient (Wildman–Crippen LogP) is 2.45. The molecule has 1 aromatic carbocycles. The molecule has 0 saturated heterocycles. The van der Waals surface area contributed by atoms with Crippen LogP contribution in [0.1, 0.15) is 22.3 Å². The zero-order valence-electron chi connectivity index (χ0n) is 15.9. The van der Waals surface area contributed by atoms with Crippen molar-refractivity contribution >= 4 is 23.7 Å². The van der Waals surface area contributed by atoms with Crippen LogP contribution in [0.15, 0.2) is 42.6 Å². The lowest BCUT2D eigenvalue weighted by atomic mass is 10.1. The van der Waals surface area contributed by atoms with E-state index in [9.17, 15) is 9.59 Å². The van der Waals surface area contributed by atoms with E-state index in [-0.39, 0.29) is 11.8 Å². The van der Waals surface area contributed by atoms with Gasteiger partial charge in [-0.2, -0.15) is 0 Å². The second-order valence-electron chi connectivity index (χ2n) is 7.01. The Labute approximate surface area is 159 Å². The fourth-order valence-corrected chi connectivity index (χ4v) is 2.96. The number of rotatable bonds is 4. The first kappa shape index (κ1) is 18.8. The first-order valence-electron chi connectivity index (χ1n) is 8.87. The number of aromatic nitrogens is 1. The van der Waals surface area contributed by atoms with E-state index in [1.807, 2.05) is 49.2 Å². The van der Waals surface area contributed by atoms with Crippen LogP contribution in [0.5, 0.6) is 0 Å². The molecular weight excluding hydrogens is 340 g/mol. The number of amides is 2. The minimum Gasteiger partial charge on any atom is -0.338 e. The highest BCUT2D eigenvalue weighted by Crippen LogP contribution is 2.19. The molecular formula is C21H24N4O2. The van der Waals surface area contributed by atoms with Crippen LogP contribution in [0.2, 0.25) is 0 Å². The Balaban J connectivity index is 1.67. The molecule has 3 rings (SSSR count). The first-order chi connectivity index (χ1) is 12.9. The van der Waals surface area contributed by atoms with E-state index in [1.54, 1.807) is 30.3 Å². The molecule has 0 saturated carbocycles. The minimum atomic E-state index is -0.0732. The molecule has 2 heterocycles. The van der Waals surface area contributed by atoms with Crippen molar-refractivity contribution in [3.05, 3.63) is 64.9 Å². The van der Waals surface area contributed by atoms with Crippen molar-refractivity contribution in [2.24, 2.45) is 0 Å². The maximum absolute atomic E-state index is 12.4. The van der Waals surface area contributed by atoms with Crippen molar-refractivity contribution in [1.29, 1.82) is 0 Å². The zero-order chi connectivity index (χ0) is 19.4. The van der Waals surface area contributed by atoms with Crippen LogP contribution in [-0.2, 0) is 22.7 Å². The molecule has 2 aromatic rings. The maximum atomic E-state index is 12.4. The number of anilines is 1. The monoisotopic (exact) mass is 364 g/mol. The number of nitrogens with one attached hydrogen (secondary N) is 1. The van der Waals surface area contributed by atoms with Crippen molar-refractivity contribution in [1.82, 2.24) is 14.8 Å². The van der Waals surface area contributed by atoms with Crippen molar-refractivity contribution in [3.63, 3.8) is 0 Å². The SMILES string of the molecule is Cc1ccc(CN(C)C(=O)C=Cc2cnc3c(c2)CN(C)CC(=O)N3)cc1. The number of carbonyl (C=O) groups excluding carboxylic acids is 2. The molecule has 1 aliphatic rings. The Morgan fingerprint density at radius 3 is 2.78 bits per heavy atom. The normalized spacial score (nSPS) is 14.6. The summed E-state index contributed by atoms with van der Waals surface area (Å²) in [5.41, 5.74) is 4.06. The van der Waals surface area contributed by atoms with Crippen molar-refractivity contribution < 1.29 is 9.59 Å². The number of aryl methyl sites for hydroxylation is 1. The highest BCUT2D eigenvalue weighted by molar-refractivity contribution is 5.93. The Hall–Kier alpha value is -2.99. The predicted molar refractivity (Wildman–Crippen MR) is 106 cm³/mol. The van der Waals surface area contributed by atoms with Crippen LogP contribution < -0.4 is 5.32 Å². The first-order valence-corrected chi connectivity index (χ1v) is 8.87. The molecule has 140 valence electrons. The molecule has 0 unspecified atom stereocenters. The Bertz CT molecular complexity index is 874. The zero-order valence-corrected chi connectivity index (χ0v) is 15.9. The quantitative estimate of drug-likeness (QED) is 0.847. The molecule has 0 aliphatic carbocycles.